The predicted octanol–water partition coefficient (Wildman–Crippen LogP) is 1.02. The van der Waals surface area contributed by atoms with Gasteiger partial charge >= 0.3 is 0 Å². The smallest absolute Gasteiger partial charge is 0.219 e. The van der Waals surface area contributed by atoms with E-state index in [0.717, 1.165) is 6.42 Å². The molecule has 0 spiro atoms. The standard InChI is InChI=1S/C20H34N2O6/c1-17(24)22(15-19-14-18(16-23)4-5-20(19)25)7-3-9-27-11-13-28-12-10-26-8-2-6-21/h4-5,14,23,25H,2-3,6-13,15-16,21H2,1H3. The van der Waals surface area contributed by atoms with Crippen molar-refractivity contribution >= 4 is 5.91 Å². The molecule has 0 bridgehead atoms. The number of aromatic hydroxyl groups is 1. The highest BCUT2D eigenvalue weighted by molar-refractivity contribution is 5.73. The summed E-state index contributed by atoms with van der Waals surface area (Å²) in [4.78, 5) is 13.5. The highest BCUT2D eigenvalue weighted by Crippen LogP contribution is 2.20. The van der Waals surface area contributed by atoms with Gasteiger partial charge in [0.05, 0.1) is 33.0 Å². The zero-order valence-electron chi connectivity index (χ0n) is 16.8. The van der Waals surface area contributed by atoms with Crippen molar-refractivity contribution in [3.8, 4) is 5.75 Å². The summed E-state index contributed by atoms with van der Waals surface area (Å²) in [6.45, 7) is 6.08. The number of benzene rings is 1. The molecule has 0 fully saturated rings. The van der Waals surface area contributed by atoms with Gasteiger partial charge in [-0.1, -0.05) is 6.07 Å². The number of hydrogen-bond acceptors (Lipinski definition) is 7. The van der Waals surface area contributed by atoms with Gasteiger partial charge in [-0.2, -0.15) is 0 Å². The molecule has 8 nitrogen and oxygen atoms in total. The first-order valence-corrected chi connectivity index (χ1v) is 9.69. The van der Waals surface area contributed by atoms with E-state index < -0.39 is 0 Å². The topological polar surface area (TPSA) is 114 Å². The first-order valence-electron chi connectivity index (χ1n) is 9.69. The third-order valence-corrected chi connectivity index (χ3v) is 4.09. The number of rotatable bonds is 16. The molecular formula is C20H34N2O6. The van der Waals surface area contributed by atoms with Crippen LogP contribution in [0.1, 0.15) is 30.9 Å². The Morgan fingerprint density at radius 2 is 1.64 bits per heavy atom. The average molecular weight is 399 g/mol. The molecule has 160 valence electrons. The summed E-state index contributed by atoms with van der Waals surface area (Å²) in [6.07, 6.45) is 1.54. The number of carbonyl (C=O) groups is 1. The van der Waals surface area contributed by atoms with Crippen molar-refractivity contribution in [1.82, 2.24) is 4.90 Å². The molecule has 1 rings (SSSR count). The van der Waals surface area contributed by atoms with Crippen LogP contribution >= 0.6 is 0 Å². The van der Waals surface area contributed by atoms with Gasteiger partial charge in [-0.15, -0.1) is 0 Å². The van der Waals surface area contributed by atoms with E-state index in [2.05, 4.69) is 0 Å². The number of nitrogens with two attached hydrogens (primary N) is 1. The van der Waals surface area contributed by atoms with Crippen molar-refractivity contribution in [3.63, 3.8) is 0 Å². The highest BCUT2D eigenvalue weighted by Gasteiger charge is 2.12. The maximum atomic E-state index is 11.9. The average Bonchev–Trinajstić information content (AvgIpc) is 2.69. The van der Waals surface area contributed by atoms with Crippen LogP contribution in [0.2, 0.25) is 0 Å². The lowest BCUT2D eigenvalue weighted by Crippen LogP contribution is -2.30. The Labute approximate surface area is 167 Å². The van der Waals surface area contributed by atoms with Crippen molar-refractivity contribution in [1.29, 1.82) is 0 Å². The summed E-state index contributed by atoms with van der Waals surface area (Å²) < 4.78 is 16.2. The normalized spacial score (nSPS) is 11.0. The maximum absolute atomic E-state index is 11.9. The van der Waals surface area contributed by atoms with Crippen LogP contribution in [0.3, 0.4) is 0 Å². The molecule has 0 atom stereocenters. The first kappa shape index (κ1) is 24.3. The van der Waals surface area contributed by atoms with Gasteiger partial charge < -0.3 is 35.1 Å². The lowest BCUT2D eigenvalue weighted by atomic mass is 10.1. The van der Waals surface area contributed by atoms with E-state index in [1.54, 1.807) is 17.0 Å². The zero-order chi connectivity index (χ0) is 20.6. The number of ether oxygens (including phenoxy) is 3. The van der Waals surface area contributed by atoms with Crippen LogP contribution < -0.4 is 5.73 Å². The van der Waals surface area contributed by atoms with E-state index in [1.165, 1.54) is 13.0 Å². The number of aliphatic hydroxyl groups is 1. The van der Waals surface area contributed by atoms with E-state index in [-0.39, 0.29) is 18.3 Å². The predicted molar refractivity (Wildman–Crippen MR) is 106 cm³/mol. The number of carbonyl (C=O) groups excluding carboxylic acids is 1. The van der Waals surface area contributed by atoms with Gasteiger partial charge in [0, 0.05) is 38.8 Å². The second-order valence-corrected chi connectivity index (χ2v) is 6.39. The molecule has 0 unspecified atom stereocenters. The number of hydrogen-bond donors (Lipinski definition) is 3. The molecule has 0 heterocycles. The zero-order valence-corrected chi connectivity index (χ0v) is 16.8. The molecule has 0 aliphatic heterocycles. The molecule has 1 aromatic rings. The molecule has 1 amide bonds. The Hall–Kier alpha value is -1.71. The Kier molecular flexibility index (Phi) is 13.2. The minimum atomic E-state index is -0.108. The summed E-state index contributed by atoms with van der Waals surface area (Å²) in [7, 11) is 0. The molecule has 0 aliphatic rings. The van der Waals surface area contributed by atoms with E-state index in [0.29, 0.717) is 76.8 Å². The van der Waals surface area contributed by atoms with Crippen LogP contribution in [0.5, 0.6) is 5.75 Å². The van der Waals surface area contributed by atoms with Gasteiger partial charge in [-0.3, -0.25) is 4.79 Å². The minimum Gasteiger partial charge on any atom is -0.508 e. The summed E-state index contributed by atoms with van der Waals surface area (Å²) >= 11 is 0. The fourth-order valence-corrected chi connectivity index (χ4v) is 2.50. The summed E-state index contributed by atoms with van der Waals surface area (Å²) in [6, 6.07) is 4.89. The fourth-order valence-electron chi connectivity index (χ4n) is 2.50. The van der Waals surface area contributed by atoms with E-state index in [1.807, 2.05) is 0 Å². The van der Waals surface area contributed by atoms with Crippen LogP contribution in [0.4, 0.5) is 0 Å². The molecule has 8 heteroatoms. The quantitative estimate of drug-likeness (QED) is 0.356. The van der Waals surface area contributed by atoms with Gasteiger partial charge in [0.1, 0.15) is 5.75 Å². The highest BCUT2D eigenvalue weighted by atomic mass is 16.5. The lowest BCUT2D eigenvalue weighted by Gasteiger charge is -2.22. The van der Waals surface area contributed by atoms with Crippen LogP contribution in [0.25, 0.3) is 0 Å². The third-order valence-electron chi connectivity index (χ3n) is 4.09. The van der Waals surface area contributed by atoms with Gasteiger partial charge in [0.15, 0.2) is 0 Å². The van der Waals surface area contributed by atoms with Crippen LogP contribution in [0, 0.1) is 0 Å². The number of nitrogens with zero attached hydrogens (tertiary/aromatic N) is 1. The molecule has 4 N–H and O–H groups in total. The van der Waals surface area contributed by atoms with Crippen molar-refractivity contribution in [2.45, 2.75) is 32.9 Å². The molecule has 1 aromatic carbocycles. The maximum Gasteiger partial charge on any atom is 0.219 e. The monoisotopic (exact) mass is 398 g/mol. The summed E-state index contributed by atoms with van der Waals surface area (Å²) in [5.41, 5.74) is 6.69. The van der Waals surface area contributed by atoms with Crippen molar-refractivity contribution in [2.24, 2.45) is 5.73 Å². The molecule has 0 radical (unpaired) electrons. The Morgan fingerprint density at radius 1 is 1.04 bits per heavy atom. The lowest BCUT2D eigenvalue weighted by molar-refractivity contribution is -0.129. The van der Waals surface area contributed by atoms with Crippen LogP contribution in [-0.4, -0.2) is 73.8 Å². The van der Waals surface area contributed by atoms with Gasteiger partial charge in [0.2, 0.25) is 5.91 Å². The SMILES string of the molecule is CC(=O)N(CCCOCCOCCOCCCN)Cc1cc(CO)ccc1O. The molecule has 0 aliphatic carbocycles. The van der Waals surface area contributed by atoms with Crippen LogP contribution in [-0.2, 0) is 32.2 Å². The Bertz CT molecular complexity index is 555. The molecule has 28 heavy (non-hydrogen) atoms. The summed E-state index contributed by atoms with van der Waals surface area (Å²) in [5, 5.41) is 19.2. The second kappa shape index (κ2) is 15.2. The number of amides is 1. The Balaban J connectivity index is 2.17. The first-order chi connectivity index (χ1) is 13.6. The van der Waals surface area contributed by atoms with Crippen molar-refractivity contribution in [2.75, 3.05) is 52.7 Å². The second-order valence-electron chi connectivity index (χ2n) is 6.39. The van der Waals surface area contributed by atoms with Gasteiger partial charge in [0.25, 0.3) is 0 Å². The van der Waals surface area contributed by atoms with E-state index in [9.17, 15) is 15.0 Å². The number of phenols is 1. The van der Waals surface area contributed by atoms with Crippen molar-refractivity contribution in [3.05, 3.63) is 29.3 Å². The number of phenolic OH excluding ortho intramolecular Hbond substituents is 1. The van der Waals surface area contributed by atoms with Gasteiger partial charge in [-0.05, 0) is 37.1 Å². The molecule has 0 aromatic heterocycles. The van der Waals surface area contributed by atoms with E-state index >= 15 is 0 Å². The molecule has 0 saturated carbocycles. The largest absolute Gasteiger partial charge is 0.508 e. The number of aliphatic hydroxyl groups excluding tert-OH is 1. The van der Waals surface area contributed by atoms with Gasteiger partial charge in [-0.25, -0.2) is 0 Å². The Morgan fingerprint density at radius 3 is 2.21 bits per heavy atom. The van der Waals surface area contributed by atoms with Crippen LogP contribution in [0.15, 0.2) is 18.2 Å². The molecular weight excluding hydrogens is 364 g/mol. The van der Waals surface area contributed by atoms with Crippen molar-refractivity contribution < 1.29 is 29.2 Å². The molecule has 0 saturated heterocycles. The van der Waals surface area contributed by atoms with E-state index in [4.69, 9.17) is 19.9 Å². The fraction of sp³-hybridized carbons (Fsp3) is 0.650. The summed E-state index contributed by atoms with van der Waals surface area (Å²) in [5.74, 6) is 0.0376. The minimum absolute atomic E-state index is 0.0771. The third kappa shape index (κ3) is 10.6.